The second kappa shape index (κ2) is 12.6. The molecule has 0 aliphatic carbocycles. The lowest BCUT2D eigenvalue weighted by Gasteiger charge is -2.23. The third kappa shape index (κ3) is 14.1. The van der Waals surface area contributed by atoms with Crippen LogP contribution in [0.3, 0.4) is 0 Å². The normalized spacial score (nSPS) is 12.4. The molecule has 0 aromatic rings. The molecule has 0 heterocycles. The zero-order valence-corrected chi connectivity index (χ0v) is 16.9. The summed E-state index contributed by atoms with van der Waals surface area (Å²) in [5.41, 5.74) is 0.184. The maximum absolute atomic E-state index is 11.9. The highest BCUT2D eigenvalue weighted by Crippen LogP contribution is 2.28. The molecule has 0 aliphatic rings. The number of hydrogen-bond donors (Lipinski definition) is 2. The van der Waals surface area contributed by atoms with Gasteiger partial charge in [0.15, 0.2) is 0 Å². The van der Waals surface area contributed by atoms with Crippen LogP contribution < -0.4 is 0 Å². The van der Waals surface area contributed by atoms with Crippen LogP contribution in [0.15, 0.2) is 0 Å². The van der Waals surface area contributed by atoms with Crippen LogP contribution in [0.4, 0.5) is 0 Å². The van der Waals surface area contributed by atoms with Gasteiger partial charge in [0.1, 0.15) is 11.6 Å². The number of aliphatic hydroxyl groups is 2. The van der Waals surface area contributed by atoms with Gasteiger partial charge in [-0.1, -0.05) is 27.7 Å². The van der Waals surface area contributed by atoms with Gasteiger partial charge in [-0.15, -0.1) is 0 Å². The van der Waals surface area contributed by atoms with E-state index in [4.69, 9.17) is 10.2 Å². The summed E-state index contributed by atoms with van der Waals surface area (Å²) in [6, 6.07) is 0. The van der Waals surface area contributed by atoms with Gasteiger partial charge in [0.25, 0.3) is 0 Å². The van der Waals surface area contributed by atoms with Crippen molar-refractivity contribution in [2.75, 3.05) is 13.2 Å². The van der Waals surface area contributed by atoms with Crippen molar-refractivity contribution in [2.45, 2.75) is 98.3 Å². The molecule has 0 unspecified atom stereocenters. The van der Waals surface area contributed by atoms with E-state index in [9.17, 15) is 9.59 Å². The fourth-order valence-electron chi connectivity index (χ4n) is 3.12. The van der Waals surface area contributed by atoms with Crippen molar-refractivity contribution < 1.29 is 19.8 Å². The fourth-order valence-corrected chi connectivity index (χ4v) is 3.12. The van der Waals surface area contributed by atoms with Crippen LogP contribution in [0.2, 0.25) is 0 Å². The van der Waals surface area contributed by atoms with Crippen LogP contribution in [0.5, 0.6) is 0 Å². The molecule has 0 aliphatic heterocycles. The van der Waals surface area contributed by atoms with E-state index in [-0.39, 0.29) is 35.6 Å². The van der Waals surface area contributed by atoms with Gasteiger partial charge >= 0.3 is 0 Å². The molecule has 0 aromatic carbocycles. The van der Waals surface area contributed by atoms with E-state index in [0.29, 0.717) is 32.1 Å². The van der Waals surface area contributed by atoms with Gasteiger partial charge in [0, 0.05) is 38.9 Å². The van der Waals surface area contributed by atoms with E-state index in [1.807, 2.05) is 0 Å². The topological polar surface area (TPSA) is 74.6 Å². The Balaban J connectivity index is 3.75. The van der Waals surface area contributed by atoms with E-state index >= 15 is 0 Å². The first-order valence-corrected chi connectivity index (χ1v) is 9.87. The van der Waals surface area contributed by atoms with Crippen molar-refractivity contribution in [3.63, 3.8) is 0 Å². The van der Waals surface area contributed by atoms with Gasteiger partial charge in [-0.2, -0.15) is 0 Å². The molecule has 0 bridgehead atoms. The van der Waals surface area contributed by atoms with Gasteiger partial charge < -0.3 is 10.2 Å². The number of hydrogen-bond acceptors (Lipinski definition) is 4. The van der Waals surface area contributed by atoms with Gasteiger partial charge in [-0.05, 0) is 55.8 Å². The molecule has 25 heavy (non-hydrogen) atoms. The fraction of sp³-hybridized carbons (Fsp3) is 0.905. The van der Waals surface area contributed by atoms with Crippen molar-refractivity contribution in [3.8, 4) is 0 Å². The molecule has 2 N–H and O–H groups in total. The zero-order valence-electron chi connectivity index (χ0n) is 16.9. The van der Waals surface area contributed by atoms with Gasteiger partial charge in [-0.25, -0.2) is 0 Å². The van der Waals surface area contributed by atoms with Crippen molar-refractivity contribution in [3.05, 3.63) is 0 Å². The second-order valence-corrected chi connectivity index (χ2v) is 8.91. The first-order chi connectivity index (χ1) is 11.6. The summed E-state index contributed by atoms with van der Waals surface area (Å²) >= 11 is 0. The van der Waals surface area contributed by atoms with Crippen LogP contribution in [0.25, 0.3) is 0 Å². The predicted molar refractivity (Wildman–Crippen MR) is 103 cm³/mol. The number of rotatable bonds is 16. The molecule has 0 saturated heterocycles. The summed E-state index contributed by atoms with van der Waals surface area (Å²) in [6.45, 7) is 8.87. The Labute approximate surface area is 154 Å². The number of aliphatic hydroxyl groups excluding tert-OH is 2. The predicted octanol–water partition coefficient (Wildman–Crippen LogP) is 4.45. The van der Waals surface area contributed by atoms with E-state index in [2.05, 4.69) is 27.7 Å². The average molecular weight is 357 g/mol. The van der Waals surface area contributed by atoms with Crippen molar-refractivity contribution in [2.24, 2.45) is 10.8 Å². The Hall–Kier alpha value is -0.740. The molecule has 0 spiro atoms. The van der Waals surface area contributed by atoms with E-state index < -0.39 is 0 Å². The molecule has 4 heteroatoms. The first-order valence-electron chi connectivity index (χ1n) is 9.87. The monoisotopic (exact) mass is 356 g/mol. The molecular formula is C21H40O4. The molecule has 4 nitrogen and oxygen atoms in total. The smallest absolute Gasteiger partial charge is 0.132 e. The molecular weight excluding hydrogens is 316 g/mol. The molecule has 0 radical (unpaired) electrons. The Morgan fingerprint density at radius 1 is 0.600 bits per heavy atom. The van der Waals surface area contributed by atoms with E-state index in [1.165, 1.54) is 0 Å². The first kappa shape index (κ1) is 24.3. The highest BCUT2D eigenvalue weighted by atomic mass is 16.3. The quantitative estimate of drug-likeness (QED) is 0.428. The minimum absolute atomic E-state index is 0.0921. The second-order valence-electron chi connectivity index (χ2n) is 8.91. The van der Waals surface area contributed by atoms with Gasteiger partial charge in [0.2, 0.25) is 0 Å². The summed E-state index contributed by atoms with van der Waals surface area (Å²) in [4.78, 5) is 23.8. The highest BCUT2D eigenvalue weighted by molar-refractivity contribution is 5.81. The number of carbonyl (C=O) groups is 2. The van der Waals surface area contributed by atoms with Crippen molar-refractivity contribution >= 4 is 11.6 Å². The minimum atomic E-state index is 0.0921. The number of carbonyl (C=O) groups excluding carboxylic acids is 2. The standard InChI is InChI=1S/C21H40O4/c1-20(2,14-16-22)12-6-10-18(24)8-5-9-19(25)11-7-13-21(3,4)15-17-23/h22-23H,5-17H2,1-4H3. The Kier molecular flexibility index (Phi) is 12.2. The molecule has 0 saturated carbocycles. The lowest BCUT2D eigenvalue weighted by molar-refractivity contribution is -0.120. The van der Waals surface area contributed by atoms with Gasteiger partial charge in [-0.3, -0.25) is 9.59 Å². The molecule has 0 rings (SSSR count). The Bertz CT molecular complexity index is 349. The number of ketones is 2. The van der Waals surface area contributed by atoms with E-state index in [1.54, 1.807) is 0 Å². The van der Waals surface area contributed by atoms with Crippen LogP contribution in [0.1, 0.15) is 98.3 Å². The number of Topliss-reactive ketones (excluding diaryl/α,β-unsaturated/α-hetero) is 2. The van der Waals surface area contributed by atoms with Crippen molar-refractivity contribution in [1.82, 2.24) is 0 Å². The maximum Gasteiger partial charge on any atom is 0.132 e. The summed E-state index contributed by atoms with van der Waals surface area (Å²) in [5.74, 6) is 0.494. The average Bonchev–Trinajstić information content (AvgIpc) is 2.46. The maximum atomic E-state index is 11.9. The largest absolute Gasteiger partial charge is 0.396 e. The highest BCUT2D eigenvalue weighted by Gasteiger charge is 2.18. The summed E-state index contributed by atoms with van der Waals surface area (Å²) < 4.78 is 0. The summed E-state index contributed by atoms with van der Waals surface area (Å²) in [5, 5.41) is 18.0. The van der Waals surface area contributed by atoms with Gasteiger partial charge in [0.05, 0.1) is 0 Å². The molecule has 0 atom stereocenters. The van der Waals surface area contributed by atoms with E-state index in [0.717, 1.165) is 38.5 Å². The Morgan fingerprint density at radius 2 is 0.920 bits per heavy atom. The summed E-state index contributed by atoms with van der Waals surface area (Å²) in [7, 11) is 0. The van der Waals surface area contributed by atoms with Crippen LogP contribution >= 0.6 is 0 Å². The third-order valence-electron chi connectivity index (χ3n) is 5.11. The molecule has 148 valence electrons. The van der Waals surface area contributed by atoms with Crippen LogP contribution in [-0.2, 0) is 9.59 Å². The molecule has 0 fully saturated rings. The van der Waals surface area contributed by atoms with Crippen molar-refractivity contribution in [1.29, 1.82) is 0 Å². The van der Waals surface area contributed by atoms with Crippen LogP contribution in [-0.4, -0.2) is 35.0 Å². The Morgan fingerprint density at radius 3 is 1.24 bits per heavy atom. The third-order valence-corrected chi connectivity index (χ3v) is 5.11. The summed E-state index contributed by atoms with van der Waals surface area (Å²) in [6.07, 6.45) is 7.98. The molecule has 0 aromatic heterocycles. The van der Waals surface area contributed by atoms with Crippen LogP contribution in [0, 0.1) is 10.8 Å². The lowest BCUT2D eigenvalue weighted by atomic mass is 9.83. The molecule has 0 amide bonds. The minimum Gasteiger partial charge on any atom is -0.396 e. The lowest BCUT2D eigenvalue weighted by Crippen LogP contribution is -2.14. The zero-order chi connectivity index (χ0) is 19.3. The SMILES string of the molecule is CC(C)(CCO)CCCC(=O)CCCC(=O)CCCC(C)(C)CCO.